The number of hydrogen-bond donors (Lipinski definition) is 3. The van der Waals surface area contributed by atoms with Gasteiger partial charge in [0, 0.05) is 15.7 Å². The van der Waals surface area contributed by atoms with Crippen molar-refractivity contribution in [2.75, 3.05) is 5.32 Å². The zero-order valence-corrected chi connectivity index (χ0v) is 12.8. The van der Waals surface area contributed by atoms with Crippen LogP contribution in [0.5, 0.6) is 5.75 Å². The Morgan fingerprint density at radius 3 is 2.43 bits per heavy atom. The summed E-state index contributed by atoms with van der Waals surface area (Å²) >= 11 is 8.92. The van der Waals surface area contributed by atoms with E-state index in [4.69, 9.17) is 16.7 Å². The molecule has 108 valence electrons. The van der Waals surface area contributed by atoms with E-state index in [2.05, 4.69) is 21.2 Å². The number of rotatable bonds is 3. The van der Waals surface area contributed by atoms with Gasteiger partial charge in [0.15, 0.2) is 0 Å². The monoisotopic (exact) mass is 369 g/mol. The molecule has 2 aromatic rings. The Balaban J connectivity index is 2.27. The molecule has 0 saturated heterocycles. The van der Waals surface area contributed by atoms with Crippen LogP contribution in [0.15, 0.2) is 40.9 Å². The Labute approximate surface area is 133 Å². The molecule has 0 heterocycles. The minimum Gasteiger partial charge on any atom is -0.506 e. The Kier molecular flexibility index (Phi) is 4.50. The fraction of sp³-hybridized carbons (Fsp3) is 0. The molecule has 0 unspecified atom stereocenters. The Morgan fingerprint density at radius 2 is 1.81 bits per heavy atom. The number of carbonyl (C=O) groups excluding carboxylic acids is 1. The predicted octanol–water partition coefficient (Wildman–Crippen LogP) is 3.76. The standard InChI is InChI=1S/C14H9BrClNO4/c15-9-3-8(14(20)21)4-10(6-9)17-13(19)7-1-2-12(18)11(16)5-7/h1-6,18H,(H,17,19)(H,20,21). The van der Waals surface area contributed by atoms with E-state index in [1.165, 1.54) is 30.3 Å². The van der Waals surface area contributed by atoms with Crippen LogP contribution >= 0.6 is 27.5 Å². The topological polar surface area (TPSA) is 86.6 Å². The molecule has 0 fully saturated rings. The zero-order chi connectivity index (χ0) is 15.6. The largest absolute Gasteiger partial charge is 0.506 e. The first-order valence-electron chi connectivity index (χ1n) is 5.70. The molecular weight excluding hydrogens is 362 g/mol. The lowest BCUT2D eigenvalue weighted by atomic mass is 10.1. The number of carbonyl (C=O) groups is 2. The molecule has 0 radical (unpaired) electrons. The van der Waals surface area contributed by atoms with E-state index >= 15 is 0 Å². The molecule has 0 aromatic heterocycles. The van der Waals surface area contributed by atoms with Crippen LogP contribution in [0.1, 0.15) is 20.7 Å². The number of anilines is 1. The van der Waals surface area contributed by atoms with Gasteiger partial charge in [-0.05, 0) is 36.4 Å². The Hall–Kier alpha value is -2.05. The van der Waals surface area contributed by atoms with Gasteiger partial charge < -0.3 is 15.5 Å². The number of amides is 1. The third kappa shape index (κ3) is 3.74. The van der Waals surface area contributed by atoms with Crippen molar-refractivity contribution < 1.29 is 19.8 Å². The highest BCUT2D eigenvalue weighted by Crippen LogP contribution is 2.25. The molecule has 0 aliphatic heterocycles. The molecule has 2 rings (SSSR count). The van der Waals surface area contributed by atoms with Gasteiger partial charge >= 0.3 is 5.97 Å². The van der Waals surface area contributed by atoms with Crippen LogP contribution in [0.25, 0.3) is 0 Å². The van der Waals surface area contributed by atoms with E-state index in [1.54, 1.807) is 6.07 Å². The first-order valence-corrected chi connectivity index (χ1v) is 6.87. The Bertz CT molecular complexity index is 733. The normalized spacial score (nSPS) is 10.2. The van der Waals surface area contributed by atoms with Gasteiger partial charge in [-0.25, -0.2) is 4.79 Å². The molecule has 1 amide bonds. The molecule has 3 N–H and O–H groups in total. The molecule has 5 nitrogen and oxygen atoms in total. The van der Waals surface area contributed by atoms with Crippen molar-refractivity contribution in [3.8, 4) is 5.75 Å². The van der Waals surface area contributed by atoms with E-state index in [0.717, 1.165) is 0 Å². The van der Waals surface area contributed by atoms with E-state index in [9.17, 15) is 14.7 Å². The van der Waals surface area contributed by atoms with Crippen LogP contribution in [0.4, 0.5) is 5.69 Å². The van der Waals surface area contributed by atoms with Gasteiger partial charge in [0.05, 0.1) is 10.6 Å². The summed E-state index contributed by atoms with van der Waals surface area (Å²) in [6.45, 7) is 0. The molecule has 0 bridgehead atoms. The van der Waals surface area contributed by atoms with Crippen LogP contribution < -0.4 is 5.32 Å². The third-order valence-corrected chi connectivity index (χ3v) is 3.37. The maximum atomic E-state index is 12.1. The second-order valence-electron chi connectivity index (χ2n) is 4.15. The minimum absolute atomic E-state index is 0.0448. The number of phenols is 1. The average molecular weight is 371 g/mol. The van der Waals surface area contributed by atoms with E-state index in [1.807, 2.05) is 0 Å². The second kappa shape index (κ2) is 6.15. The van der Waals surface area contributed by atoms with Gasteiger partial charge in [-0.3, -0.25) is 4.79 Å². The third-order valence-electron chi connectivity index (χ3n) is 2.61. The molecular formula is C14H9BrClNO4. The highest BCUT2D eigenvalue weighted by Gasteiger charge is 2.11. The molecule has 2 aromatic carbocycles. The van der Waals surface area contributed by atoms with Crippen LogP contribution in [-0.2, 0) is 0 Å². The quantitative estimate of drug-likeness (QED) is 0.768. The molecule has 0 saturated carbocycles. The summed E-state index contributed by atoms with van der Waals surface area (Å²) in [7, 11) is 0. The fourth-order valence-corrected chi connectivity index (χ4v) is 2.31. The average Bonchev–Trinajstić information content (AvgIpc) is 2.41. The van der Waals surface area contributed by atoms with Crippen molar-refractivity contribution in [3.63, 3.8) is 0 Å². The van der Waals surface area contributed by atoms with Crippen molar-refractivity contribution in [3.05, 3.63) is 57.0 Å². The fourth-order valence-electron chi connectivity index (χ4n) is 1.64. The first-order chi connectivity index (χ1) is 9.86. The summed E-state index contributed by atoms with van der Waals surface area (Å²) in [6, 6.07) is 8.38. The number of carboxylic acid groups (broad SMARTS) is 1. The van der Waals surface area contributed by atoms with Crippen molar-refractivity contribution >= 4 is 45.1 Å². The zero-order valence-electron chi connectivity index (χ0n) is 10.4. The molecule has 7 heteroatoms. The molecule has 0 aliphatic rings. The SMILES string of the molecule is O=C(O)c1cc(Br)cc(NC(=O)c2ccc(O)c(Cl)c2)c1. The maximum absolute atomic E-state index is 12.1. The minimum atomic E-state index is -1.10. The van der Waals surface area contributed by atoms with Crippen molar-refractivity contribution in [2.45, 2.75) is 0 Å². The van der Waals surface area contributed by atoms with Crippen LogP contribution in [-0.4, -0.2) is 22.1 Å². The van der Waals surface area contributed by atoms with Gasteiger partial charge in [0.25, 0.3) is 5.91 Å². The van der Waals surface area contributed by atoms with E-state index in [0.29, 0.717) is 10.2 Å². The van der Waals surface area contributed by atoms with Gasteiger partial charge in [-0.1, -0.05) is 27.5 Å². The van der Waals surface area contributed by atoms with E-state index in [-0.39, 0.29) is 21.9 Å². The van der Waals surface area contributed by atoms with Gasteiger partial charge in [-0.15, -0.1) is 0 Å². The van der Waals surface area contributed by atoms with Crippen LogP contribution in [0.2, 0.25) is 5.02 Å². The maximum Gasteiger partial charge on any atom is 0.335 e. The van der Waals surface area contributed by atoms with Crippen LogP contribution in [0.3, 0.4) is 0 Å². The van der Waals surface area contributed by atoms with Gasteiger partial charge in [0.1, 0.15) is 5.75 Å². The molecule has 0 atom stereocenters. The van der Waals surface area contributed by atoms with Crippen molar-refractivity contribution in [1.82, 2.24) is 0 Å². The number of halogens is 2. The van der Waals surface area contributed by atoms with Crippen molar-refractivity contribution in [1.29, 1.82) is 0 Å². The van der Waals surface area contributed by atoms with Gasteiger partial charge in [0.2, 0.25) is 0 Å². The lowest BCUT2D eigenvalue weighted by Gasteiger charge is -2.08. The van der Waals surface area contributed by atoms with Crippen molar-refractivity contribution in [2.24, 2.45) is 0 Å². The summed E-state index contributed by atoms with van der Waals surface area (Å²) in [6.07, 6.45) is 0. The van der Waals surface area contributed by atoms with E-state index < -0.39 is 11.9 Å². The predicted molar refractivity (Wildman–Crippen MR) is 82.2 cm³/mol. The highest BCUT2D eigenvalue weighted by atomic mass is 79.9. The number of phenolic OH excluding ortho intramolecular Hbond substituents is 1. The summed E-state index contributed by atoms with van der Waals surface area (Å²) in [4.78, 5) is 23.0. The number of nitrogens with one attached hydrogen (secondary N) is 1. The number of carboxylic acids is 1. The molecule has 0 spiro atoms. The summed E-state index contributed by atoms with van der Waals surface area (Å²) in [5, 5.41) is 20.9. The number of benzene rings is 2. The molecule has 0 aliphatic carbocycles. The summed E-state index contributed by atoms with van der Waals surface area (Å²) in [5.74, 6) is -1.69. The Morgan fingerprint density at radius 1 is 1.10 bits per heavy atom. The number of hydrogen-bond acceptors (Lipinski definition) is 3. The smallest absolute Gasteiger partial charge is 0.335 e. The highest BCUT2D eigenvalue weighted by molar-refractivity contribution is 9.10. The molecule has 21 heavy (non-hydrogen) atoms. The van der Waals surface area contributed by atoms with Crippen LogP contribution in [0, 0.1) is 0 Å². The van der Waals surface area contributed by atoms with Gasteiger partial charge in [-0.2, -0.15) is 0 Å². The summed E-state index contributed by atoms with van der Waals surface area (Å²) < 4.78 is 0.529. The lowest BCUT2D eigenvalue weighted by molar-refractivity contribution is 0.0696. The summed E-state index contributed by atoms with van der Waals surface area (Å²) in [5.41, 5.74) is 0.619. The lowest BCUT2D eigenvalue weighted by Crippen LogP contribution is -2.12. The number of aromatic carboxylic acids is 1. The first kappa shape index (κ1) is 15.3. The second-order valence-corrected chi connectivity index (χ2v) is 5.48. The number of aromatic hydroxyl groups is 1.